The van der Waals surface area contributed by atoms with Crippen molar-refractivity contribution in [2.45, 2.75) is 6.54 Å². The van der Waals surface area contributed by atoms with E-state index in [0.29, 0.717) is 23.6 Å². The zero-order valence-corrected chi connectivity index (χ0v) is 14.1. The van der Waals surface area contributed by atoms with Gasteiger partial charge in [-0.1, -0.05) is 17.9 Å². The molecule has 2 aromatic carbocycles. The van der Waals surface area contributed by atoms with Crippen molar-refractivity contribution in [2.75, 3.05) is 20.8 Å². The fraction of sp³-hybridized carbons (Fsp3) is 0.211. The second-order valence-electron chi connectivity index (χ2n) is 5.03. The largest absolute Gasteiger partial charge is 0.493 e. The number of halogens is 1. The summed E-state index contributed by atoms with van der Waals surface area (Å²) in [7, 11) is 3.12. The van der Waals surface area contributed by atoms with Crippen molar-refractivity contribution in [1.29, 1.82) is 0 Å². The Morgan fingerprint density at radius 3 is 2.44 bits per heavy atom. The van der Waals surface area contributed by atoms with Crippen LogP contribution >= 0.6 is 0 Å². The summed E-state index contributed by atoms with van der Waals surface area (Å²) < 4.78 is 23.1. The Kier molecular flexibility index (Phi) is 6.66. The Hall–Kier alpha value is -3.20. The summed E-state index contributed by atoms with van der Waals surface area (Å²) in [4.78, 5) is 11.8. The summed E-state index contributed by atoms with van der Waals surface area (Å²) >= 11 is 0. The molecule has 0 radical (unpaired) electrons. The molecule has 0 aliphatic carbocycles. The summed E-state index contributed by atoms with van der Waals surface area (Å²) in [6, 6.07) is 10.9. The van der Waals surface area contributed by atoms with Gasteiger partial charge in [0.05, 0.1) is 20.8 Å². The van der Waals surface area contributed by atoms with Crippen molar-refractivity contribution < 1.29 is 18.7 Å². The van der Waals surface area contributed by atoms with Crippen LogP contribution in [-0.4, -0.2) is 26.8 Å². The number of rotatable bonds is 5. The first-order chi connectivity index (χ1) is 12.1. The molecule has 0 aliphatic rings. The maximum atomic E-state index is 12.8. The molecule has 0 atom stereocenters. The van der Waals surface area contributed by atoms with Crippen LogP contribution in [0.2, 0.25) is 0 Å². The molecule has 130 valence electrons. The topological polar surface area (TPSA) is 59.6 Å². The lowest BCUT2D eigenvalue weighted by molar-refractivity contribution is 0.241. The molecule has 0 unspecified atom stereocenters. The van der Waals surface area contributed by atoms with Crippen LogP contribution in [0, 0.1) is 17.7 Å². The highest BCUT2D eigenvalue weighted by atomic mass is 19.1. The van der Waals surface area contributed by atoms with Crippen molar-refractivity contribution in [3.05, 3.63) is 59.4 Å². The highest BCUT2D eigenvalue weighted by molar-refractivity contribution is 5.74. The maximum Gasteiger partial charge on any atom is 0.315 e. The molecule has 2 amide bonds. The Bertz CT molecular complexity index is 779. The van der Waals surface area contributed by atoms with E-state index in [1.807, 2.05) is 6.07 Å². The van der Waals surface area contributed by atoms with Gasteiger partial charge in [0, 0.05) is 12.1 Å². The molecule has 2 rings (SSSR count). The number of methoxy groups -OCH3 is 2. The molecular formula is C19H19FN2O3. The number of carbonyl (C=O) groups excluding carboxylic acids is 1. The van der Waals surface area contributed by atoms with Crippen molar-refractivity contribution >= 4 is 6.03 Å². The summed E-state index contributed by atoms with van der Waals surface area (Å²) in [6.07, 6.45) is 0. The van der Waals surface area contributed by atoms with E-state index >= 15 is 0 Å². The highest BCUT2D eigenvalue weighted by Gasteiger charge is 2.05. The van der Waals surface area contributed by atoms with E-state index in [-0.39, 0.29) is 18.4 Å². The maximum absolute atomic E-state index is 12.8. The molecule has 0 aromatic heterocycles. The number of amides is 2. The van der Waals surface area contributed by atoms with E-state index in [9.17, 15) is 9.18 Å². The van der Waals surface area contributed by atoms with Gasteiger partial charge in [0.2, 0.25) is 0 Å². The van der Waals surface area contributed by atoms with E-state index in [0.717, 1.165) is 5.56 Å². The van der Waals surface area contributed by atoms with Crippen molar-refractivity contribution in [3.63, 3.8) is 0 Å². The van der Waals surface area contributed by atoms with Gasteiger partial charge in [0.15, 0.2) is 11.5 Å². The zero-order chi connectivity index (χ0) is 18.1. The first-order valence-corrected chi connectivity index (χ1v) is 7.59. The van der Waals surface area contributed by atoms with Gasteiger partial charge in [-0.2, -0.15) is 0 Å². The number of carbonyl (C=O) groups is 1. The van der Waals surface area contributed by atoms with E-state index < -0.39 is 0 Å². The minimum Gasteiger partial charge on any atom is -0.493 e. The molecule has 2 aromatic rings. The minimum absolute atomic E-state index is 0.190. The monoisotopic (exact) mass is 342 g/mol. The van der Waals surface area contributed by atoms with Crippen molar-refractivity contribution in [1.82, 2.24) is 10.6 Å². The Morgan fingerprint density at radius 1 is 1.04 bits per heavy atom. The number of hydrogen-bond acceptors (Lipinski definition) is 3. The number of nitrogens with one attached hydrogen (secondary N) is 2. The lowest BCUT2D eigenvalue weighted by Gasteiger charge is -2.10. The SMILES string of the molecule is COc1ccc(CNC(=O)NCC#Cc2ccc(F)cc2)cc1OC. The fourth-order valence-corrected chi connectivity index (χ4v) is 2.04. The third kappa shape index (κ3) is 5.74. The van der Waals surface area contributed by atoms with Crippen LogP contribution in [0.3, 0.4) is 0 Å². The Balaban J connectivity index is 1.78. The molecule has 0 aliphatic heterocycles. The molecule has 0 spiro atoms. The third-order valence-electron chi connectivity index (χ3n) is 3.32. The number of urea groups is 1. The normalized spacial score (nSPS) is 9.56. The van der Waals surface area contributed by atoms with E-state index in [4.69, 9.17) is 9.47 Å². The zero-order valence-electron chi connectivity index (χ0n) is 14.1. The van der Waals surface area contributed by atoms with Crippen LogP contribution in [0.4, 0.5) is 9.18 Å². The van der Waals surface area contributed by atoms with Gasteiger partial charge >= 0.3 is 6.03 Å². The van der Waals surface area contributed by atoms with Gasteiger partial charge in [0.25, 0.3) is 0 Å². The van der Waals surface area contributed by atoms with E-state index in [1.165, 1.54) is 12.1 Å². The second kappa shape index (κ2) is 9.18. The van der Waals surface area contributed by atoms with Crippen LogP contribution in [0.15, 0.2) is 42.5 Å². The van der Waals surface area contributed by atoms with Crippen LogP contribution < -0.4 is 20.1 Å². The molecule has 6 heteroatoms. The smallest absolute Gasteiger partial charge is 0.315 e. The van der Waals surface area contributed by atoms with Gasteiger partial charge in [0.1, 0.15) is 5.82 Å². The second-order valence-corrected chi connectivity index (χ2v) is 5.03. The molecule has 2 N–H and O–H groups in total. The molecule has 0 saturated carbocycles. The molecular weight excluding hydrogens is 323 g/mol. The Morgan fingerprint density at radius 2 is 1.76 bits per heavy atom. The average Bonchev–Trinajstić information content (AvgIpc) is 2.64. The van der Waals surface area contributed by atoms with Crippen LogP contribution in [-0.2, 0) is 6.54 Å². The number of hydrogen-bond donors (Lipinski definition) is 2. The standard InChI is InChI=1S/C19H19FN2O3/c1-24-17-10-7-15(12-18(17)25-2)13-22-19(23)21-11-3-4-14-5-8-16(20)9-6-14/h5-10,12H,11,13H2,1-2H3,(H2,21,22,23). The van der Waals surface area contributed by atoms with Crippen LogP contribution in [0.25, 0.3) is 0 Å². The van der Waals surface area contributed by atoms with E-state index in [1.54, 1.807) is 38.5 Å². The number of benzene rings is 2. The Labute approximate surface area is 146 Å². The minimum atomic E-state index is -0.330. The van der Waals surface area contributed by atoms with Gasteiger partial charge in [-0.25, -0.2) is 9.18 Å². The molecule has 0 fully saturated rings. The fourth-order valence-electron chi connectivity index (χ4n) is 2.04. The summed E-state index contributed by atoms with van der Waals surface area (Å²) in [5.74, 6) is 6.57. The van der Waals surface area contributed by atoms with Gasteiger partial charge in [-0.3, -0.25) is 0 Å². The van der Waals surface area contributed by atoms with Crippen LogP contribution in [0.5, 0.6) is 11.5 Å². The van der Waals surface area contributed by atoms with Crippen LogP contribution in [0.1, 0.15) is 11.1 Å². The van der Waals surface area contributed by atoms with Crippen molar-refractivity contribution in [2.24, 2.45) is 0 Å². The lowest BCUT2D eigenvalue weighted by Crippen LogP contribution is -2.35. The third-order valence-corrected chi connectivity index (χ3v) is 3.32. The van der Waals surface area contributed by atoms with Gasteiger partial charge in [-0.05, 0) is 42.0 Å². The highest BCUT2D eigenvalue weighted by Crippen LogP contribution is 2.27. The molecule has 25 heavy (non-hydrogen) atoms. The average molecular weight is 342 g/mol. The molecule has 0 bridgehead atoms. The molecule has 5 nitrogen and oxygen atoms in total. The van der Waals surface area contributed by atoms with Crippen molar-refractivity contribution in [3.8, 4) is 23.3 Å². The molecule has 0 saturated heterocycles. The first-order valence-electron chi connectivity index (χ1n) is 7.59. The summed E-state index contributed by atoms with van der Waals surface area (Å²) in [5, 5.41) is 5.36. The van der Waals surface area contributed by atoms with E-state index in [2.05, 4.69) is 22.5 Å². The quantitative estimate of drug-likeness (QED) is 0.822. The summed E-state index contributed by atoms with van der Waals surface area (Å²) in [5.41, 5.74) is 1.57. The first kappa shape index (κ1) is 18.1. The predicted molar refractivity (Wildman–Crippen MR) is 93.1 cm³/mol. The van der Waals surface area contributed by atoms with Gasteiger partial charge in [-0.15, -0.1) is 0 Å². The number of ether oxygens (including phenoxy) is 2. The summed E-state index contributed by atoms with van der Waals surface area (Å²) in [6.45, 7) is 0.534. The lowest BCUT2D eigenvalue weighted by atomic mass is 10.2. The molecule has 0 heterocycles. The predicted octanol–water partition coefficient (Wildman–Crippen LogP) is 2.69. The van der Waals surface area contributed by atoms with Gasteiger partial charge < -0.3 is 20.1 Å².